The second-order valence-electron chi connectivity index (χ2n) is 2.23. The van der Waals surface area contributed by atoms with Gasteiger partial charge in [0.05, 0.1) is 6.04 Å². The number of hydrogen-bond donors (Lipinski definition) is 0. The zero-order chi connectivity index (χ0) is 6.97. The second-order valence-corrected chi connectivity index (χ2v) is 3.88. The topological polar surface area (TPSA) is 12.4 Å². The van der Waals surface area contributed by atoms with Crippen molar-refractivity contribution >= 4 is 27.9 Å². The van der Waals surface area contributed by atoms with Crippen molar-refractivity contribution in [3.05, 3.63) is 23.1 Å². The van der Waals surface area contributed by atoms with Crippen LogP contribution in [0.25, 0.3) is 0 Å². The maximum Gasteiger partial charge on any atom is 0.163 e. The van der Waals surface area contributed by atoms with E-state index in [9.17, 15) is 0 Å². The molecule has 2 rings (SSSR count). The predicted octanol–water partition coefficient (Wildman–Crippen LogP) is 2.54. The summed E-state index contributed by atoms with van der Waals surface area (Å²) in [5.74, 6) is 0. The molecule has 0 bridgehead atoms. The van der Waals surface area contributed by atoms with Crippen molar-refractivity contribution in [1.82, 2.24) is 0 Å². The zero-order valence-electron chi connectivity index (χ0n) is 5.25. The lowest BCUT2D eigenvalue weighted by atomic mass is 10.1. The van der Waals surface area contributed by atoms with Gasteiger partial charge in [0.1, 0.15) is 0 Å². The van der Waals surface area contributed by atoms with E-state index in [0.717, 1.165) is 6.42 Å². The van der Waals surface area contributed by atoms with Crippen LogP contribution in [0.3, 0.4) is 0 Å². The predicted molar refractivity (Wildman–Crippen MR) is 46.5 cm³/mol. The third-order valence-corrected chi connectivity index (χ3v) is 2.79. The molecule has 0 N–H and O–H groups in total. The van der Waals surface area contributed by atoms with Crippen molar-refractivity contribution in [2.75, 3.05) is 0 Å². The van der Waals surface area contributed by atoms with Crippen LogP contribution < -0.4 is 0 Å². The molecule has 0 aromatic carbocycles. The fraction of sp³-hybridized carbons (Fsp3) is 0.286. The van der Waals surface area contributed by atoms with Gasteiger partial charge in [0.25, 0.3) is 0 Å². The first-order chi connectivity index (χ1) is 4.86. The van der Waals surface area contributed by atoms with Crippen LogP contribution >= 0.6 is 23.4 Å². The molecule has 0 fully saturated rings. The highest BCUT2D eigenvalue weighted by atomic mass is 35.5. The van der Waals surface area contributed by atoms with Gasteiger partial charge in [-0.25, -0.2) is 0 Å². The minimum atomic E-state index is 0.336. The number of hydrogen-bond acceptors (Lipinski definition) is 2. The van der Waals surface area contributed by atoms with Crippen molar-refractivity contribution in [3.8, 4) is 0 Å². The lowest BCUT2D eigenvalue weighted by Crippen LogP contribution is -2.01. The van der Waals surface area contributed by atoms with Crippen molar-refractivity contribution in [1.29, 1.82) is 0 Å². The number of nitrogens with zero attached hydrogens (tertiary/aromatic N) is 1. The van der Waals surface area contributed by atoms with E-state index < -0.39 is 0 Å². The van der Waals surface area contributed by atoms with E-state index in [0.29, 0.717) is 10.5 Å². The van der Waals surface area contributed by atoms with E-state index in [1.165, 1.54) is 4.91 Å². The van der Waals surface area contributed by atoms with Crippen LogP contribution in [-0.4, -0.2) is 10.5 Å². The van der Waals surface area contributed by atoms with Crippen molar-refractivity contribution in [2.24, 2.45) is 4.99 Å². The van der Waals surface area contributed by atoms with Gasteiger partial charge in [0, 0.05) is 4.91 Å². The van der Waals surface area contributed by atoms with Crippen LogP contribution in [-0.2, 0) is 0 Å². The Morgan fingerprint density at radius 1 is 1.70 bits per heavy atom. The Bertz CT molecular complexity index is 242. The summed E-state index contributed by atoms with van der Waals surface area (Å²) in [6.45, 7) is 0. The summed E-state index contributed by atoms with van der Waals surface area (Å²) in [5.41, 5.74) is 0. The number of aliphatic imine (C=N–C) groups is 1. The molecular weight excluding hydrogens is 166 g/mol. The molecule has 0 spiro atoms. The number of rotatable bonds is 0. The van der Waals surface area contributed by atoms with Crippen LogP contribution in [0.15, 0.2) is 28.1 Å². The molecule has 1 heterocycles. The van der Waals surface area contributed by atoms with Gasteiger partial charge < -0.3 is 0 Å². The van der Waals surface area contributed by atoms with E-state index in [4.69, 9.17) is 11.6 Å². The Kier molecular flexibility index (Phi) is 1.58. The molecule has 0 aromatic heterocycles. The molecule has 0 aromatic rings. The Balaban J connectivity index is 2.28. The molecule has 3 heteroatoms. The molecule has 0 saturated heterocycles. The summed E-state index contributed by atoms with van der Waals surface area (Å²) in [4.78, 5) is 5.52. The van der Waals surface area contributed by atoms with E-state index in [1.54, 1.807) is 11.8 Å². The summed E-state index contributed by atoms with van der Waals surface area (Å²) in [5, 5.41) is 0. The number of allylic oxidation sites excluding steroid dienone is 2. The second kappa shape index (κ2) is 2.44. The van der Waals surface area contributed by atoms with Gasteiger partial charge in [-0.2, -0.15) is 0 Å². The van der Waals surface area contributed by atoms with E-state index in [-0.39, 0.29) is 0 Å². The molecule has 0 radical (unpaired) electrons. The molecule has 1 aliphatic carbocycles. The van der Waals surface area contributed by atoms with Gasteiger partial charge in [-0.15, -0.1) is 0 Å². The van der Waals surface area contributed by atoms with Crippen LogP contribution in [0.2, 0.25) is 0 Å². The van der Waals surface area contributed by atoms with Gasteiger partial charge in [-0.3, -0.25) is 4.99 Å². The highest BCUT2D eigenvalue weighted by Crippen LogP contribution is 2.36. The molecule has 1 nitrogen and oxygen atoms in total. The Labute approximate surface area is 68.9 Å². The van der Waals surface area contributed by atoms with Gasteiger partial charge in [0.15, 0.2) is 4.50 Å². The summed E-state index contributed by atoms with van der Waals surface area (Å²) < 4.78 is 0.681. The van der Waals surface area contributed by atoms with Crippen LogP contribution in [0.1, 0.15) is 6.42 Å². The Hall–Kier alpha value is -0.210. The molecule has 1 unspecified atom stereocenters. The standard InChI is InChI=1S/C7H6ClNS/c8-7-9-5-3-1-2-4-6(5)10-7/h1-2,4-5H,3H2. The maximum atomic E-state index is 5.73. The molecule has 1 atom stereocenters. The molecule has 1 aliphatic heterocycles. The summed E-state index contributed by atoms with van der Waals surface area (Å²) in [6, 6.07) is 0.336. The SMILES string of the molecule is ClC1=NC2CC=CC=C2S1. The summed E-state index contributed by atoms with van der Waals surface area (Å²) >= 11 is 7.31. The van der Waals surface area contributed by atoms with Gasteiger partial charge in [-0.1, -0.05) is 41.6 Å². The average Bonchev–Trinajstić information content (AvgIpc) is 2.27. The molecular formula is C7H6ClNS. The minimum absolute atomic E-state index is 0.336. The third-order valence-electron chi connectivity index (χ3n) is 1.54. The Morgan fingerprint density at radius 2 is 2.60 bits per heavy atom. The van der Waals surface area contributed by atoms with Gasteiger partial charge in [-0.05, 0) is 6.42 Å². The number of fused-ring (bicyclic) bond motifs is 1. The largest absolute Gasteiger partial charge is 0.258 e. The molecule has 10 heavy (non-hydrogen) atoms. The smallest absolute Gasteiger partial charge is 0.163 e. The average molecular weight is 172 g/mol. The summed E-state index contributed by atoms with van der Waals surface area (Å²) in [6.07, 6.45) is 7.27. The van der Waals surface area contributed by atoms with E-state index >= 15 is 0 Å². The fourth-order valence-corrected chi connectivity index (χ4v) is 2.25. The van der Waals surface area contributed by atoms with E-state index in [2.05, 4.69) is 23.2 Å². The molecule has 2 aliphatic rings. The minimum Gasteiger partial charge on any atom is -0.258 e. The molecule has 0 saturated carbocycles. The van der Waals surface area contributed by atoms with Crippen LogP contribution in [0, 0.1) is 0 Å². The van der Waals surface area contributed by atoms with Gasteiger partial charge >= 0.3 is 0 Å². The first kappa shape index (κ1) is 6.50. The number of halogens is 1. The van der Waals surface area contributed by atoms with Gasteiger partial charge in [0.2, 0.25) is 0 Å². The highest BCUT2D eigenvalue weighted by Gasteiger charge is 2.22. The first-order valence-corrected chi connectivity index (χ1v) is 4.33. The zero-order valence-corrected chi connectivity index (χ0v) is 6.82. The lowest BCUT2D eigenvalue weighted by molar-refractivity contribution is 0.828. The lowest BCUT2D eigenvalue weighted by Gasteiger charge is -2.07. The summed E-state index contributed by atoms with van der Waals surface area (Å²) in [7, 11) is 0. The maximum absolute atomic E-state index is 5.73. The third kappa shape index (κ3) is 1.02. The monoisotopic (exact) mass is 171 g/mol. The Morgan fingerprint density at radius 3 is 3.40 bits per heavy atom. The first-order valence-electron chi connectivity index (χ1n) is 3.14. The van der Waals surface area contributed by atoms with Crippen LogP contribution in [0.4, 0.5) is 0 Å². The highest BCUT2D eigenvalue weighted by molar-refractivity contribution is 8.20. The number of thioether (sulfide) groups is 1. The van der Waals surface area contributed by atoms with Crippen molar-refractivity contribution in [2.45, 2.75) is 12.5 Å². The van der Waals surface area contributed by atoms with Crippen LogP contribution in [0.5, 0.6) is 0 Å². The quantitative estimate of drug-likeness (QED) is 0.546. The van der Waals surface area contributed by atoms with E-state index in [1.807, 2.05) is 0 Å². The van der Waals surface area contributed by atoms with Crippen molar-refractivity contribution in [3.63, 3.8) is 0 Å². The van der Waals surface area contributed by atoms with Crippen molar-refractivity contribution < 1.29 is 0 Å². The fourth-order valence-electron chi connectivity index (χ4n) is 1.06. The normalized spacial score (nSPS) is 29.5. The molecule has 52 valence electrons. The molecule has 0 amide bonds.